The average molecular weight is 169 g/mol. The van der Waals surface area contributed by atoms with Crippen LogP contribution < -0.4 is 0 Å². The number of nitrogens with zero attached hydrogens (tertiary/aromatic N) is 2. The fourth-order valence-corrected chi connectivity index (χ4v) is 1.71. The summed E-state index contributed by atoms with van der Waals surface area (Å²) < 4.78 is 0. The normalized spacial score (nSPS) is 21.8. The molecule has 0 fully saturated rings. The van der Waals surface area contributed by atoms with Gasteiger partial charge in [0.25, 0.3) is 0 Å². The molecule has 0 N–H and O–H groups in total. The number of aryl methyl sites for hydroxylation is 1. The molecule has 0 aromatic carbocycles. The van der Waals surface area contributed by atoms with Crippen LogP contribution in [0, 0.1) is 0 Å². The van der Waals surface area contributed by atoms with Crippen molar-refractivity contribution in [3.63, 3.8) is 0 Å². The zero-order chi connectivity index (χ0) is 7.84. The maximum absolute atomic E-state index is 5.70. The Morgan fingerprint density at radius 3 is 3.18 bits per heavy atom. The molecule has 1 aliphatic rings. The average Bonchev–Trinajstić information content (AvgIpc) is 2.32. The lowest BCUT2D eigenvalue weighted by molar-refractivity contribution is 0.719. The van der Waals surface area contributed by atoms with Crippen LogP contribution in [0.3, 0.4) is 0 Å². The number of hydrogen-bond donors (Lipinski definition) is 0. The number of hydrogen-bond acceptors (Lipinski definition) is 2. The Bertz CT molecular complexity index is 285. The van der Waals surface area contributed by atoms with E-state index in [0.717, 1.165) is 12.1 Å². The highest BCUT2D eigenvalue weighted by molar-refractivity contribution is 6.29. The monoisotopic (exact) mass is 168 g/mol. The Morgan fingerprint density at radius 2 is 2.36 bits per heavy atom. The Hall–Kier alpha value is -0.630. The third kappa shape index (κ3) is 1.11. The van der Waals surface area contributed by atoms with Crippen LogP contribution in [-0.2, 0) is 6.42 Å². The summed E-state index contributed by atoms with van der Waals surface area (Å²) in [5.74, 6) is 0.565. The summed E-state index contributed by atoms with van der Waals surface area (Å²) in [5, 5.41) is 8.39. The van der Waals surface area contributed by atoms with Gasteiger partial charge in [0.05, 0.1) is 5.69 Å². The van der Waals surface area contributed by atoms with E-state index >= 15 is 0 Å². The predicted molar refractivity (Wildman–Crippen MR) is 43.8 cm³/mol. The lowest BCUT2D eigenvalue weighted by atomic mass is 10.1. The first-order chi connectivity index (χ1) is 5.27. The van der Waals surface area contributed by atoms with E-state index in [1.54, 1.807) is 0 Å². The van der Waals surface area contributed by atoms with Gasteiger partial charge in [-0.25, -0.2) is 0 Å². The van der Waals surface area contributed by atoms with Crippen LogP contribution in [0.2, 0.25) is 5.15 Å². The lowest BCUT2D eigenvalue weighted by Crippen LogP contribution is -1.94. The van der Waals surface area contributed by atoms with Gasteiger partial charge in [0, 0.05) is 5.92 Å². The summed E-state index contributed by atoms with van der Waals surface area (Å²) in [6.07, 6.45) is 2.29. The topological polar surface area (TPSA) is 25.8 Å². The number of rotatable bonds is 0. The van der Waals surface area contributed by atoms with E-state index in [4.69, 9.17) is 11.6 Å². The Balaban J connectivity index is 2.50. The maximum atomic E-state index is 5.70. The van der Waals surface area contributed by atoms with Crippen LogP contribution in [-0.4, -0.2) is 10.2 Å². The van der Waals surface area contributed by atoms with Crippen molar-refractivity contribution < 1.29 is 0 Å². The van der Waals surface area contributed by atoms with E-state index < -0.39 is 0 Å². The molecule has 0 radical (unpaired) electrons. The van der Waals surface area contributed by atoms with Crippen LogP contribution >= 0.6 is 11.6 Å². The molecule has 1 aromatic rings. The molecule has 2 nitrogen and oxygen atoms in total. The van der Waals surface area contributed by atoms with Gasteiger partial charge in [-0.2, -0.15) is 5.10 Å². The minimum atomic E-state index is 0.512. The van der Waals surface area contributed by atoms with Crippen molar-refractivity contribution >= 4 is 11.6 Å². The molecule has 58 valence electrons. The van der Waals surface area contributed by atoms with E-state index in [9.17, 15) is 0 Å². The van der Waals surface area contributed by atoms with Gasteiger partial charge in [-0.3, -0.25) is 0 Å². The summed E-state index contributed by atoms with van der Waals surface area (Å²) in [6.45, 7) is 2.18. The van der Waals surface area contributed by atoms with E-state index in [1.165, 1.54) is 12.0 Å². The fourth-order valence-electron chi connectivity index (χ4n) is 1.54. The number of fused-ring (bicyclic) bond motifs is 1. The molecule has 3 heteroatoms. The van der Waals surface area contributed by atoms with E-state index in [2.05, 4.69) is 17.1 Å². The van der Waals surface area contributed by atoms with Crippen molar-refractivity contribution in [2.75, 3.05) is 0 Å². The molecule has 0 saturated carbocycles. The summed E-state index contributed by atoms with van der Waals surface area (Å²) in [4.78, 5) is 0. The highest BCUT2D eigenvalue weighted by atomic mass is 35.5. The van der Waals surface area contributed by atoms with Crippen molar-refractivity contribution in [3.05, 3.63) is 22.5 Å². The highest BCUT2D eigenvalue weighted by Gasteiger charge is 2.20. The molecule has 0 spiro atoms. The maximum Gasteiger partial charge on any atom is 0.152 e. The third-order valence-corrected chi connectivity index (χ3v) is 2.37. The molecule has 2 rings (SSSR count). The highest BCUT2D eigenvalue weighted by Crippen LogP contribution is 2.30. The smallest absolute Gasteiger partial charge is 0.152 e. The van der Waals surface area contributed by atoms with Gasteiger partial charge in [0.2, 0.25) is 0 Å². The Kier molecular flexibility index (Phi) is 1.57. The van der Waals surface area contributed by atoms with Gasteiger partial charge in [-0.15, -0.1) is 5.10 Å². The van der Waals surface area contributed by atoms with Crippen LogP contribution in [0.4, 0.5) is 0 Å². The zero-order valence-electron chi connectivity index (χ0n) is 6.34. The van der Waals surface area contributed by atoms with Crippen molar-refractivity contribution in [1.29, 1.82) is 0 Å². The second-order valence-electron chi connectivity index (χ2n) is 3.02. The molecule has 0 amide bonds. The summed E-state index contributed by atoms with van der Waals surface area (Å²) in [5.41, 5.74) is 2.41. The first-order valence-electron chi connectivity index (χ1n) is 3.79. The van der Waals surface area contributed by atoms with Crippen molar-refractivity contribution in [3.8, 4) is 0 Å². The number of halogens is 1. The largest absolute Gasteiger partial charge is 0.154 e. The molecule has 11 heavy (non-hydrogen) atoms. The van der Waals surface area contributed by atoms with Gasteiger partial charge < -0.3 is 0 Å². The van der Waals surface area contributed by atoms with E-state index in [-0.39, 0.29) is 0 Å². The van der Waals surface area contributed by atoms with E-state index in [0.29, 0.717) is 11.1 Å². The molecule has 1 heterocycles. The summed E-state index contributed by atoms with van der Waals surface area (Å²) in [6, 6.07) is 1.92. The molecule has 0 bridgehead atoms. The molecular weight excluding hydrogens is 160 g/mol. The minimum Gasteiger partial charge on any atom is -0.154 e. The fraction of sp³-hybridized carbons (Fsp3) is 0.500. The Morgan fingerprint density at radius 1 is 1.55 bits per heavy atom. The second-order valence-corrected chi connectivity index (χ2v) is 3.40. The van der Waals surface area contributed by atoms with Gasteiger partial charge in [-0.05, 0) is 24.5 Å². The van der Waals surface area contributed by atoms with Crippen LogP contribution in [0.15, 0.2) is 6.07 Å². The first kappa shape index (κ1) is 7.04. The zero-order valence-corrected chi connectivity index (χ0v) is 7.10. The third-order valence-electron chi connectivity index (χ3n) is 2.19. The quantitative estimate of drug-likeness (QED) is 0.594. The summed E-state index contributed by atoms with van der Waals surface area (Å²) in [7, 11) is 0. The minimum absolute atomic E-state index is 0.512. The number of aromatic nitrogens is 2. The molecular formula is C8H9ClN2. The molecule has 0 aliphatic heterocycles. The van der Waals surface area contributed by atoms with Crippen molar-refractivity contribution in [2.24, 2.45) is 0 Å². The molecule has 0 saturated heterocycles. The molecule has 1 atom stereocenters. The lowest BCUT2D eigenvalue weighted by Gasteiger charge is -2.00. The van der Waals surface area contributed by atoms with Gasteiger partial charge in [0.1, 0.15) is 0 Å². The standard InChI is InChI=1S/C8H9ClN2/c1-5-2-3-6-4-7(9)10-11-8(5)6/h4-5H,2-3H2,1H3. The van der Waals surface area contributed by atoms with E-state index in [1.807, 2.05) is 6.07 Å². The van der Waals surface area contributed by atoms with Gasteiger partial charge in [0.15, 0.2) is 5.15 Å². The molecule has 1 aromatic heterocycles. The van der Waals surface area contributed by atoms with Crippen LogP contribution in [0.1, 0.15) is 30.5 Å². The molecule has 1 unspecified atom stereocenters. The van der Waals surface area contributed by atoms with Crippen molar-refractivity contribution in [2.45, 2.75) is 25.7 Å². The predicted octanol–water partition coefficient (Wildman–Crippen LogP) is 2.18. The molecule has 1 aliphatic carbocycles. The summed E-state index contributed by atoms with van der Waals surface area (Å²) >= 11 is 5.70. The van der Waals surface area contributed by atoms with Crippen LogP contribution in [0.25, 0.3) is 0 Å². The SMILES string of the molecule is CC1CCc2cc(Cl)nnc21. The second kappa shape index (κ2) is 2.45. The Labute approximate surface area is 70.6 Å². The first-order valence-corrected chi connectivity index (χ1v) is 4.17. The van der Waals surface area contributed by atoms with Gasteiger partial charge >= 0.3 is 0 Å². The van der Waals surface area contributed by atoms with Gasteiger partial charge in [-0.1, -0.05) is 18.5 Å². The van der Waals surface area contributed by atoms with Crippen LogP contribution in [0.5, 0.6) is 0 Å². The van der Waals surface area contributed by atoms with Crippen molar-refractivity contribution in [1.82, 2.24) is 10.2 Å².